The van der Waals surface area contributed by atoms with Gasteiger partial charge in [0.05, 0.1) is 18.6 Å². The topological polar surface area (TPSA) is 119 Å². The van der Waals surface area contributed by atoms with Crippen molar-refractivity contribution < 1.29 is 38.5 Å². The summed E-state index contributed by atoms with van der Waals surface area (Å²) < 4.78 is 15.6. The molecule has 1 aliphatic rings. The van der Waals surface area contributed by atoms with Gasteiger partial charge in [-0.1, -0.05) is 12.1 Å². The lowest BCUT2D eigenvalue weighted by molar-refractivity contribution is -0.150. The second kappa shape index (κ2) is 9.46. The first-order valence-corrected chi connectivity index (χ1v) is 9.53. The molecule has 0 bridgehead atoms. The first kappa shape index (κ1) is 22.3. The second-order valence-corrected chi connectivity index (χ2v) is 6.95. The van der Waals surface area contributed by atoms with Crippen LogP contribution >= 0.6 is 11.8 Å². The Kier molecular flexibility index (Phi) is 7.27. The molecule has 0 spiro atoms. The number of carboxylic acid groups (broad SMARTS) is 1. The molecule has 1 N–H and O–H groups in total. The molecule has 0 aliphatic carbocycles. The number of amides is 2. The number of rotatable bonds is 8. The molecule has 1 aromatic rings. The Labute approximate surface area is 171 Å². The summed E-state index contributed by atoms with van der Waals surface area (Å²) >= 11 is 0.666. The Bertz CT molecular complexity index is 866. The summed E-state index contributed by atoms with van der Waals surface area (Å²) in [5.41, 5.74) is 0.353. The standard InChI is InChI=1S/C19H21NO8S/c1-5-27-18(24)10(2)20-16(21)14(29-19(20)25)9-12-7-6-8-13(26-4)15(12)28-11(3)17(22)23/h6-11H,5H2,1-4H3,(H,22,23)/b14-9+/t10-,11-/m1/s1. The fraction of sp³-hybridized carbons (Fsp3) is 0.368. The van der Waals surface area contributed by atoms with Gasteiger partial charge in [0.25, 0.3) is 11.1 Å². The number of nitrogens with zero attached hydrogens (tertiary/aromatic N) is 1. The quantitative estimate of drug-likeness (QED) is 0.497. The molecule has 2 atom stereocenters. The third-order valence-electron chi connectivity index (χ3n) is 4.00. The molecule has 156 valence electrons. The molecule has 10 heteroatoms. The summed E-state index contributed by atoms with van der Waals surface area (Å²) in [6, 6.07) is 3.74. The molecule has 2 rings (SSSR count). The van der Waals surface area contributed by atoms with Crippen LogP contribution < -0.4 is 9.47 Å². The van der Waals surface area contributed by atoms with Gasteiger partial charge in [0.1, 0.15) is 6.04 Å². The number of methoxy groups -OCH3 is 1. The van der Waals surface area contributed by atoms with E-state index >= 15 is 0 Å². The number of imide groups is 1. The van der Waals surface area contributed by atoms with E-state index in [1.165, 1.54) is 27.0 Å². The second-order valence-electron chi connectivity index (χ2n) is 5.96. The summed E-state index contributed by atoms with van der Waals surface area (Å²) in [4.78, 5) is 49.0. The monoisotopic (exact) mass is 423 g/mol. The van der Waals surface area contributed by atoms with E-state index in [2.05, 4.69) is 0 Å². The van der Waals surface area contributed by atoms with Gasteiger partial charge in [-0.25, -0.2) is 9.59 Å². The highest BCUT2D eigenvalue weighted by atomic mass is 32.2. The maximum Gasteiger partial charge on any atom is 0.344 e. The van der Waals surface area contributed by atoms with Crippen molar-refractivity contribution in [3.8, 4) is 11.5 Å². The number of esters is 1. The summed E-state index contributed by atoms with van der Waals surface area (Å²) in [5.74, 6) is -2.12. The first-order chi connectivity index (χ1) is 13.7. The summed E-state index contributed by atoms with van der Waals surface area (Å²) in [6.45, 7) is 4.52. The highest BCUT2D eigenvalue weighted by Crippen LogP contribution is 2.38. The number of carbonyl (C=O) groups excluding carboxylic acids is 3. The molecule has 0 unspecified atom stereocenters. The maximum absolute atomic E-state index is 12.7. The van der Waals surface area contributed by atoms with Crippen LogP contribution in [0.3, 0.4) is 0 Å². The van der Waals surface area contributed by atoms with Gasteiger partial charge in [0.15, 0.2) is 17.6 Å². The van der Waals surface area contributed by atoms with E-state index in [4.69, 9.17) is 19.3 Å². The van der Waals surface area contributed by atoms with Gasteiger partial charge >= 0.3 is 11.9 Å². The number of para-hydroxylation sites is 1. The Morgan fingerprint density at radius 1 is 1.28 bits per heavy atom. The number of carboxylic acids is 1. The Hall–Kier alpha value is -3.01. The van der Waals surface area contributed by atoms with Crippen LogP contribution in [0, 0.1) is 0 Å². The lowest BCUT2D eigenvalue weighted by Gasteiger charge is -2.19. The highest BCUT2D eigenvalue weighted by Gasteiger charge is 2.41. The van der Waals surface area contributed by atoms with E-state index in [0.29, 0.717) is 17.3 Å². The minimum absolute atomic E-state index is 0.0622. The van der Waals surface area contributed by atoms with Crippen molar-refractivity contribution in [3.63, 3.8) is 0 Å². The van der Waals surface area contributed by atoms with Crippen molar-refractivity contribution in [2.24, 2.45) is 0 Å². The van der Waals surface area contributed by atoms with E-state index in [1.807, 2.05) is 0 Å². The number of hydrogen-bond acceptors (Lipinski definition) is 8. The van der Waals surface area contributed by atoms with Gasteiger partial charge in [-0.15, -0.1) is 0 Å². The summed E-state index contributed by atoms with van der Waals surface area (Å²) in [6.07, 6.45) is 0.229. The Balaban J connectivity index is 2.39. The molecule has 1 aliphatic heterocycles. The fourth-order valence-electron chi connectivity index (χ4n) is 2.48. The van der Waals surface area contributed by atoms with Crippen LogP contribution in [0.2, 0.25) is 0 Å². The van der Waals surface area contributed by atoms with Crippen LogP contribution in [0.1, 0.15) is 26.3 Å². The van der Waals surface area contributed by atoms with Crippen molar-refractivity contribution in [3.05, 3.63) is 28.7 Å². The van der Waals surface area contributed by atoms with Gasteiger partial charge in [-0.2, -0.15) is 0 Å². The molecular formula is C19H21NO8S. The van der Waals surface area contributed by atoms with Crippen molar-refractivity contribution in [1.82, 2.24) is 4.90 Å². The SMILES string of the molecule is CCOC(=O)[C@@H](C)N1C(=O)S/C(=C/c2cccc(OC)c2O[C@H](C)C(=O)O)C1=O. The number of hydrogen-bond donors (Lipinski definition) is 1. The van der Waals surface area contributed by atoms with E-state index in [-0.39, 0.29) is 23.0 Å². The molecule has 1 aromatic carbocycles. The van der Waals surface area contributed by atoms with Crippen LogP contribution in [-0.2, 0) is 19.1 Å². The smallest absolute Gasteiger partial charge is 0.344 e. The fourth-order valence-corrected chi connectivity index (χ4v) is 3.38. The molecule has 1 fully saturated rings. The lowest BCUT2D eigenvalue weighted by atomic mass is 10.1. The average Bonchev–Trinajstić information content (AvgIpc) is 2.95. The molecular weight excluding hydrogens is 402 g/mol. The van der Waals surface area contributed by atoms with E-state index in [9.17, 15) is 19.2 Å². The zero-order chi connectivity index (χ0) is 21.7. The van der Waals surface area contributed by atoms with Gasteiger partial charge in [-0.05, 0) is 44.7 Å². The minimum atomic E-state index is -1.18. The molecule has 9 nitrogen and oxygen atoms in total. The zero-order valence-electron chi connectivity index (χ0n) is 16.3. The molecule has 0 saturated carbocycles. The lowest BCUT2D eigenvalue weighted by Crippen LogP contribution is -2.42. The van der Waals surface area contributed by atoms with E-state index < -0.39 is 35.2 Å². The number of aliphatic carboxylic acids is 1. The first-order valence-electron chi connectivity index (χ1n) is 8.71. The predicted octanol–water partition coefficient (Wildman–Crippen LogP) is 2.54. The van der Waals surface area contributed by atoms with Crippen LogP contribution in [-0.4, -0.2) is 59.0 Å². The van der Waals surface area contributed by atoms with Gasteiger partial charge in [0, 0.05) is 5.56 Å². The average molecular weight is 423 g/mol. The predicted molar refractivity (Wildman–Crippen MR) is 105 cm³/mol. The van der Waals surface area contributed by atoms with Gasteiger partial charge < -0.3 is 19.3 Å². The van der Waals surface area contributed by atoms with Gasteiger partial charge in [-0.3, -0.25) is 14.5 Å². The van der Waals surface area contributed by atoms with Crippen molar-refractivity contribution in [2.45, 2.75) is 32.9 Å². The number of ether oxygens (including phenoxy) is 3. The van der Waals surface area contributed by atoms with Crippen molar-refractivity contribution in [2.75, 3.05) is 13.7 Å². The summed E-state index contributed by atoms with van der Waals surface area (Å²) in [5, 5.41) is 8.51. The van der Waals surface area contributed by atoms with E-state index in [1.54, 1.807) is 25.1 Å². The van der Waals surface area contributed by atoms with Crippen LogP contribution in [0.5, 0.6) is 11.5 Å². The van der Waals surface area contributed by atoms with Crippen LogP contribution in [0.4, 0.5) is 4.79 Å². The van der Waals surface area contributed by atoms with E-state index in [0.717, 1.165) is 4.90 Å². The normalized spacial score (nSPS) is 17.2. The molecule has 1 heterocycles. The molecule has 0 radical (unpaired) electrons. The van der Waals surface area contributed by atoms with Crippen molar-refractivity contribution >= 4 is 40.9 Å². The minimum Gasteiger partial charge on any atom is -0.493 e. The third kappa shape index (κ3) is 4.89. The Morgan fingerprint density at radius 2 is 1.97 bits per heavy atom. The summed E-state index contributed by atoms with van der Waals surface area (Å²) in [7, 11) is 1.40. The van der Waals surface area contributed by atoms with Crippen LogP contribution in [0.25, 0.3) is 6.08 Å². The van der Waals surface area contributed by atoms with Crippen molar-refractivity contribution in [1.29, 1.82) is 0 Å². The number of benzene rings is 1. The highest BCUT2D eigenvalue weighted by molar-refractivity contribution is 8.18. The van der Waals surface area contributed by atoms with Gasteiger partial charge in [0.2, 0.25) is 0 Å². The number of carbonyl (C=O) groups is 4. The Morgan fingerprint density at radius 3 is 2.55 bits per heavy atom. The molecule has 29 heavy (non-hydrogen) atoms. The number of thioether (sulfide) groups is 1. The molecule has 1 saturated heterocycles. The molecule has 2 amide bonds. The zero-order valence-corrected chi connectivity index (χ0v) is 17.1. The maximum atomic E-state index is 12.7. The molecule has 0 aromatic heterocycles. The largest absolute Gasteiger partial charge is 0.493 e. The van der Waals surface area contributed by atoms with Crippen LogP contribution in [0.15, 0.2) is 23.1 Å². The third-order valence-corrected chi connectivity index (χ3v) is 4.88.